The van der Waals surface area contributed by atoms with Crippen molar-refractivity contribution in [2.75, 3.05) is 13.1 Å². The Morgan fingerprint density at radius 2 is 2.50 bits per heavy atom. The highest BCUT2D eigenvalue weighted by molar-refractivity contribution is 5.90. The van der Waals surface area contributed by atoms with Gasteiger partial charge in [-0.3, -0.25) is 4.99 Å². The molecular formula is C10H14N2. The van der Waals surface area contributed by atoms with E-state index in [4.69, 9.17) is 0 Å². The highest BCUT2D eigenvalue weighted by Gasteiger charge is 2.17. The van der Waals surface area contributed by atoms with E-state index < -0.39 is 0 Å². The molecule has 2 aliphatic rings. The molecule has 1 N–H and O–H groups in total. The second-order valence-corrected chi connectivity index (χ2v) is 3.36. The number of piperidine rings is 1. The molecule has 2 rings (SSSR count). The van der Waals surface area contributed by atoms with Crippen LogP contribution in [0, 0.1) is 5.92 Å². The molecule has 2 nitrogen and oxygen atoms in total. The fourth-order valence-corrected chi connectivity index (χ4v) is 1.69. The van der Waals surface area contributed by atoms with Crippen molar-refractivity contribution in [2.24, 2.45) is 10.9 Å². The maximum Gasteiger partial charge on any atom is 0.0372 e. The predicted octanol–water partition coefficient (Wildman–Crippen LogP) is 1.51. The van der Waals surface area contributed by atoms with Crippen LogP contribution >= 0.6 is 0 Å². The summed E-state index contributed by atoms with van der Waals surface area (Å²) >= 11 is 0. The van der Waals surface area contributed by atoms with E-state index in [1.807, 2.05) is 0 Å². The van der Waals surface area contributed by atoms with Gasteiger partial charge in [-0.2, -0.15) is 0 Å². The molecule has 0 aromatic rings. The standard InChI is InChI=1S/C10H14N2/c1-8-3-2-4-9-7-11-6-5-10(9)12-8/h2-4,9,11H,5-7H2,1H3. The van der Waals surface area contributed by atoms with Gasteiger partial charge >= 0.3 is 0 Å². The minimum Gasteiger partial charge on any atom is -0.315 e. The molecule has 2 heterocycles. The third-order valence-corrected chi connectivity index (χ3v) is 2.35. The fraction of sp³-hybridized carbons (Fsp3) is 0.500. The van der Waals surface area contributed by atoms with Crippen LogP contribution in [0.1, 0.15) is 13.3 Å². The number of nitrogens with zero attached hydrogens (tertiary/aromatic N) is 1. The molecule has 0 bridgehead atoms. The molecule has 0 aromatic carbocycles. The molecule has 0 spiro atoms. The summed E-state index contributed by atoms with van der Waals surface area (Å²) in [6, 6.07) is 0. The molecule has 12 heavy (non-hydrogen) atoms. The van der Waals surface area contributed by atoms with Crippen LogP contribution in [0.2, 0.25) is 0 Å². The Hall–Kier alpha value is -0.890. The first kappa shape index (κ1) is 7.74. The molecule has 0 aliphatic carbocycles. The average Bonchev–Trinajstić information content (AvgIpc) is 2.25. The summed E-state index contributed by atoms with van der Waals surface area (Å²) in [5, 5.41) is 3.37. The molecule has 1 unspecified atom stereocenters. The van der Waals surface area contributed by atoms with Crippen molar-refractivity contribution in [3.05, 3.63) is 23.9 Å². The zero-order valence-electron chi connectivity index (χ0n) is 7.38. The number of rotatable bonds is 0. The largest absolute Gasteiger partial charge is 0.315 e. The molecule has 0 radical (unpaired) electrons. The van der Waals surface area contributed by atoms with E-state index in [0.29, 0.717) is 5.92 Å². The monoisotopic (exact) mass is 162 g/mol. The first-order valence-corrected chi connectivity index (χ1v) is 4.49. The molecule has 1 saturated heterocycles. The number of aliphatic imine (C=N–C) groups is 1. The Morgan fingerprint density at radius 1 is 1.58 bits per heavy atom. The molecule has 1 atom stereocenters. The normalized spacial score (nSPS) is 28.6. The van der Waals surface area contributed by atoms with Gasteiger partial charge in [0, 0.05) is 30.4 Å². The lowest BCUT2D eigenvalue weighted by Crippen LogP contribution is -2.35. The van der Waals surface area contributed by atoms with Gasteiger partial charge in [0.1, 0.15) is 0 Å². The Bertz CT molecular complexity index is 261. The molecule has 64 valence electrons. The summed E-state index contributed by atoms with van der Waals surface area (Å²) in [4.78, 5) is 4.57. The van der Waals surface area contributed by atoms with E-state index in [9.17, 15) is 0 Å². The van der Waals surface area contributed by atoms with Crippen molar-refractivity contribution in [1.29, 1.82) is 0 Å². The average molecular weight is 162 g/mol. The third-order valence-electron chi connectivity index (χ3n) is 2.35. The summed E-state index contributed by atoms with van der Waals surface area (Å²) in [6.07, 6.45) is 7.52. The van der Waals surface area contributed by atoms with Crippen LogP contribution < -0.4 is 5.32 Å². The van der Waals surface area contributed by atoms with E-state index >= 15 is 0 Å². The highest BCUT2D eigenvalue weighted by Crippen LogP contribution is 2.15. The maximum atomic E-state index is 4.57. The van der Waals surface area contributed by atoms with Gasteiger partial charge in [-0.25, -0.2) is 0 Å². The Labute approximate surface area is 73.1 Å². The fourth-order valence-electron chi connectivity index (χ4n) is 1.69. The van der Waals surface area contributed by atoms with Gasteiger partial charge in [0.05, 0.1) is 0 Å². The van der Waals surface area contributed by atoms with E-state index in [-0.39, 0.29) is 0 Å². The van der Waals surface area contributed by atoms with Gasteiger partial charge in [-0.05, 0) is 19.4 Å². The minimum absolute atomic E-state index is 0.535. The van der Waals surface area contributed by atoms with Crippen molar-refractivity contribution in [3.63, 3.8) is 0 Å². The second-order valence-electron chi connectivity index (χ2n) is 3.36. The van der Waals surface area contributed by atoms with Crippen molar-refractivity contribution in [2.45, 2.75) is 13.3 Å². The maximum absolute atomic E-state index is 4.57. The number of nitrogens with one attached hydrogen (secondary N) is 1. The van der Waals surface area contributed by atoms with Crippen LogP contribution in [0.3, 0.4) is 0 Å². The third kappa shape index (κ3) is 1.48. The molecule has 0 saturated carbocycles. The smallest absolute Gasteiger partial charge is 0.0372 e. The number of allylic oxidation sites excluding steroid dienone is 3. The molecule has 1 fully saturated rings. The van der Waals surface area contributed by atoms with Crippen LogP contribution in [0.5, 0.6) is 0 Å². The summed E-state index contributed by atoms with van der Waals surface area (Å²) < 4.78 is 0. The highest BCUT2D eigenvalue weighted by atomic mass is 14.9. The second kappa shape index (κ2) is 3.23. The first-order valence-electron chi connectivity index (χ1n) is 4.49. The van der Waals surface area contributed by atoms with Gasteiger partial charge < -0.3 is 5.32 Å². The molecular weight excluding hydrogens is 148 g/mol. The molecule has 0 aromatic heterocycles. The van der Waals surface area contributed by atoms with E-state index in [0.717, 1.165) is 25.2 Å². The van der Waals surface area contributed by atoms with E-state index in [1.165, 1.54) is 5.71 Å². The lowest BCUT2D eigenvalue weighted by molar-refractivity contribution is 0.606. The summed E-state index contributed by atoms with van der Waals surface area (Å²) in [7, 11) is 0. The lowest BCUT2D eigenvalue weighted by atomic mass is 9.97. The number of fused-ring (bicyclic) bond motifs is 1. The van der Waals surface area contributed by atoms with Crippen LogP contribution in [0.25, 0.3) is 0 Å². The predicted molar refractivity (Wildman–Crippen MR) is 51.3 cm³/mol. The SMILES string of the molecule is CC1=CC=CC2CNCCC2=N1. The Morgan fingerprint density at radius 3 is 3.42 bits per heavy atom. The molecule has 2 aliphatic heterocycles. The van der Waals surface area contributed by atoms with Gasteiger partial charge in [0.2, 0.25) is 0 Å². The van der Waals surface area contributed by atoms with Gasteiger partial charge in [-0.1, -0.05) is 12.2 Å². The summed E-state index contributed by atoms with van der Waals surface area (Å²) in [5.41, 5.74) is 2.47. The Balaban J connectivity index is 2.26. The van der Waals surface area contributed by atoms with Crippen LogP contribution in [0.15, 0.2) is 28.9 Å². The van der Waals surface area contributed by atoms with E-state index in [1.54, 1.807) is 0 Å². The minimum atomic E-state index is 0.535. The lowest BCUT2D eigenvalue weighted by Gasteiger charge is -2.21. The van der Waals surface area contributed by atoms with Crippen molar-refractivity contribution in [1.82, 2.24) is 5.32 Å². The topological polar surface area (TPSA) is 24.4 Å². The summed E-state index contributed by atoms with van der Waals surface area (Å²) in [6.45, 7) is 4.19. The van der Waals surface area contributed by atoms with Crippen LogP contribution in [0.4, 0.5) is 0 Å². The number of hydrogen-bond donors (Lipinski definition) is 1. The zero-order chi connectivity index (χ0) is 8.39. The van der Waals surface area contributed by atoms with Crippen molar-refractivity contribution >= 4 is 5.71 Å². The molecule has 2 heteroatoms. The first-order chi connectivity index (χ1) is 5.86. The van der Waals surface area contributed by atoms with E-state index in [2.05, 4.69) is 35.5 Å². The quantitative estimate of drug-likeness (QED) is 0.573. The van der Waals surface area contributed by atoms with Gasteiger partial charge in [-0.15, -0.1) is 0 Å². The zero-order valence-corrected chi connectivity index (χ0v) is 7.38. The van der Waals surface area contributed by atoms with Crippen LogP contribution in [-0.2, 0) is 0 Å². The molecule has 0 amide bonds. The number of hydrogen-bond acceptors (Lipinski definition) is 2. The van der Waals surface area contributed by atoms with Crippen molar-refractivity contribution < 1.29 is 0 Å². The van der Waals surface area contributed by atoms with Crippen molar-refractivity contribution in [3.8, 4) is 0 Å². The Kier molecular flexibility index (Phi) is 2.09. The van der Waals surface area contributed by atoms with Gasteiger partial charge in [0.25, 0.3) is 0 Å². The van der Waals surface area contributed by atoms with Crippen LogP contribution in [-0.4, -0.2) is 18.8 Å². The summed E-state index contributed by atoms with van der Waals surface area (Å²) in [5.74, 6) is 0.535. The van der Waals surface area contributed by atoms with Gasteiger partial charge in [0.15, 0.2) is 0 Å².